The van der Waals surface area contributed by atoms with Crippen LogP contribution in [-0.2, 0) is 9.47 Å². The van der Waals surface area contributed by atoms with E-state index >= 15 is 0 Å². The Morgan fingerprint density at radius 3 is 2.29 bits per heavy atom. The number of rotatable bonds is 5. The maximum atomic E-state index is 12.2. The second kappa shape index (κ2) is 8.80. The topological polar surface area (TPSA) is 45.2 Å². The summed E-state index contributed by atoms with van der Waals surface area (Å²) in [6.07, 6.45) is 2.88. The Labute approximate surface area is 168 Å². The van der Waals surface area contributed by atoms with Crippen LogP contribution in [0.5, 0.6) is 0 Å². The predicted octanol–water partition coefficient (Wildman–Crippen LogP) is 2.83. The van der Waals surface area contributed by atoms with E-state index in [1.807, 2.05) is 30.3 Å². The summed E-state index contributed by atoms with van der Waals surface area (Å²) >= 11 is 0. The number of nitrogens with zero attached hydrogens (tertiary/aromatic N) is 3. The first-order valence-corrected chi connectivity index (χ1v) is 10.7. The van der Waals surface area contributed by atoms with Crippen molar-refractivity contribution in [1.82, 2.24) is 9.80 Å². The number of amides is 1. The van der Waals surface area contributed by atoms with E-state index in [0.717, 1.165) is 44.3 Å². The molecule has 0 radical (unpaired) electrons. The first-order chi connectivity index (χ1) is 13.6. The van der Waals surface area contributed by atoms with Crippen molar-refractivity contribution in [3.8, 4) is 0 Å². The molecule has 0 saturated carbocycles. The van der Waals surface area contributed by atoms with Gasteiger partial charge in [0.1, 0.15) is 6.10 Å². The minimum atomic E-state index is -0.221. The summed E-state index contributed by atoms with van der Waals surface area (Å²) < 4.78 is 11.5. The van der Waals surface area contributed by atoms with Gasteiger partial charge in [0.15, 0.2) is 0 Å². The lowest BCUT2D eigenvalue weighted by Gasteiger charge is -2.39. The fraction of sp³-hybridized carbons (Fsp3) is 0.682. The molecular weight excluding hydrogens is 354 g/mol. The van der Waals surface area contributed by atoms with Gasteiger partial charge in [-0.25, -0.2) is 4.79 Å². The monoisotopic (exact) mass is 387 g/mol. The molecule has 0 spiro atoms. The van der Waals surface area contributed by atoms with E-state index in [2.05, 4.69) is 23.6 Å². The van der Waals surface area contributed by atoms with Gasteiger partial charge in [0.2, 0.25) is 0 Å². The number of para-hydroxylation sites is 1. The standard InChI is InChI=1S/C22H33N3O3/c1-17-12-24(13-18(2)27-17)14-19-8-10-23(11-9-19)15-21-16-25(22(26)28-21)20-6-4-3-5-7-20/h3-7,17-19,21H,8-16H2,1-2H3. The number of carbonyl (C=O) groups is 1. The van der Waals surface area contributed by atoms with Crippen molar-refractivity contribution >= 4 is 11.8 Å². The molecule has 3 aliphatic rings. The Morgan fingerprint density at radius 1 is 0.929 bits per heavy atom. The highest BCUT2D eigenvalue weighted by Crippen LogP contribution is 2.24. The van der Waals surface area contributed by atoms with E-state index in [9.17, 15) is 4.79 Å². The number of hydrogen-bond acceptors (Lipinski definition) is 5. The van der Waals surface area contributed by atoms with Crippen LogP contribution >= 0.6 is 0 Å². The molecule has 1 aromatic carbocycles. The maximum Gasteiger partial charge on any atom is 0.414 e. The van der Waals surface area contributed by atoms with Gasteiger partial charge in [0, 0.05) is 31.9 Å². The quantitative estimate of drug-likeness (QED) is 0.777. The summed E-state index contributed by atoms with van der Waals surface area (Å²) in [5, 5.41) is 0. The second-order valence-corrected chi connectivity index (χ2v) is 8.67. The highest BCUT2D eigenvalue weighted by atomic mass is 16.6. The lowest BCUT2D eigenvalue weighted by molar-refractivity contribution is -0.0733. The normalized spacial score (nSPS) is 30.6. The number of benzene rings is 1. The molecule has 1 amide bonds. The Morgan fingerprint density at radius 2 is 1.61 bits per heavy atom. The van der Waals surface area contributed by atoms with Crippen LogP contribution in [-0.4, -0.2) is 80.0 Å². The zero-order chi connectivity index (χ0) is 19.5. The van der Waals surface area contributed by atoms with Crippen molar-refractivity contribution in [2.75, 3.05) is 50.7 Å². The molecule has 0 N–H and O–H groups in total. The lowest BCUT2D eigenvalue weighted by Crippen LogP contribution is -2.48. The van der Waals surface area contributed by atoms with Gasteiger partial charge in [0.05, 0.1) is 18.8 Å². The van der Waals surface area contributed by atoms with Crippen LogP contribution < -0.4 is 4.90 Å². The highest BCUT2D eigenvalue weighted by molar-refractivity contribution is 5.89. The van der Waals surface area contributed by atoms with Crippen LogP contribution in [0.1, 0.15) is 26.7 Å². The van der Waals surface area contributed by atoms with Crippen LogP contribution in [0.3, 0.4) is 0 Å². The van der Waals surface area contributed by atoms with Gasteiger partial charge in [-0.15, -0.1) is 0 Å². The van der Waals surface area contributed by atoms with E-state index in [1.165, 1.54) is 19.4 Å². The molecule has 3 fully saturated rings. The fourth-order valence-electron chi connectivity index (χ4n) is 4.87. The second-order valence-electron chi connectivity index (χ2n) is 8.67. The Balaban J connectivity index is 1.21. The fourth-order valence-corrected chi connectivity index (χ4v) is 4.87. The van der Waals surface area contributed by atoms with Gasteiger partial charge >= 0.3 is 6.09 Å². The molecule has 3 aliphatic heterocycles. The average Bonchev–Trinajstić information content (AvgIpc) is 3.03. The third-order valence-corrected chi connectivity index (χ3v) is 6.12. The third-order valence-electron chi connectivity index (χ3n) is 6.12. The summed E-state index contributed by atoms with van der Waals surface area (Å²) in [4.78, 5) is 19.0. The van der Waals surface area contributed by atoms with Crippen molar-refractivity contribution in [2.24, 2.45) is 5.92 Å². The molecule has 1 aromatic rings. The van der Waals surface area contributed by atoms with Crippen LogP contribution in [0.4, 0.5) is 10.5 Å². The molecule has 6 nitrogen and oxygen atoms in total. The van der Waals surface area contributed by atoms with Gasteiger partial charge in [-0.3, -0.25) is 14.7 Å². The number of hydrogen-bond donors (Lipinski definition) is 0. The number of carbonyl (C=O) groups excluding carboxylic acids is 1. The van der Waals surface area contributed by atoms with Gasteiger partial charge in [-0.05, 0) is 57.8 Å². The maximum absolute atomic E-state index is 12.2. The van der Waals surface area contributed by atoms with Crippen LogP contribution in [0.15, 0.2) is 30.3 Å². The molecule has 3 atom stereocenters. The number of likely N-dealkylation sites (tertiary alicyclic amines) is 1. The largest absolute Gasteiger partial charge is 0.443 e. The molecule has 3 heterocycles. The zero-order valence-electron chi connectivity index (χ0n) is 17.1. The molecule has 3 saturated heterocycles. The molecule has 6 heteroatoms. The summed E-state index contributed by atoms with van der Waals surface area (Å²) in [7, 11) is 0. The van der Waals surface area contributed by atoms with Crippen LogP contribution in [0.25, 0.3) is 0 Å². The third kappa shape index (κ3) is 4.85. The summed E-state index contributed by atoms with van der Waals surface area (Å²) in [6.45, 7) is 11.3. The molecule has 28 heavy (non-hydrogen) atoms. The summed E-state index contributed by atoms with van der Waals surface area (Å²) in [5.41, 5.74) is 0.919. The Hall–Kier alpha value is -1.63. The van der Waals surface area contributed by atoms with Crippen LogP contribution in [0, 0.1) is 5.92 Å². The Kier molecular flexibility index (Phi) is 6.19. The van der Waals surface area contributed by atoms with Gasteiger partial charge < -0.3 is 9.47 Å². The van der Waals surface area contributed by atoms with Crippen LogP contribution in [0.2, 0.25) is 0 Å². The molecular formula is C22H33N3O3. The Bertz CT molecular complexity index is 638. The molecule has 0 aliphatic carbocycles. The molecule has 0 aromatic heterocycles. The van der Waals surface area contributed by atoms with Gasteiger partial charge in [-0.2, -0.15) is 0 Å². The van der Waals surface area contributed by atoms with E-state index in [4.69, 9.17) is 9.47 Å². The minimum Gasteiger partial charge on any atom is -0.443 e. The van der Waals surface area contributed by atoms with E-state index < -0.39 is 0 Å². The predicted molar refractivity (Wildman–Crippen MR) is 110 cm³/mol. The van der Waals surface area contributed by atoms with Crippen molar-refractivity contribution in [3.05, 3.63) is 30.3 Å². The number of cyclic esters (lactones) is 1. The van der Waals surface area contributed by atoms with Crippen molar-refractivity contribution in [2.45, 2.75) is 45.0 Å². The number of ether oxygens (including phenoxy) is 2. The zero-order valence-corrected chi connectivity index (χ0v) is 17.1. The summed E-state index contributed by atoms with van der Waals surface area (Å²) in [5.74, 6) is 0.765. The SMILES string of the molecule is CC1CN(CC2CCN(CC3CN(c4ccccc4)C(=O)O3)CC2)CC(C)O1. The highest BCUT2D eigenvalue weighted by Gasteiger charge is 2.34. The first-order valence-electron chi connectivity index (χ1n) is 10.7. The van der Waals surface area contributed by atoms with Crippen molar-refractivity contribution < 1.29 is 14.3 Å². The average molecular weight is 388 g/mol. The number of morpholine rings is 1. The van der Waals surface area contributed by atoms with E-state index in [-0.39, 0.29) is 12.2 Å². The van der Waals surface area contributed by atoms with Crippen molar-refractivity contribution in [3.63, 3.8) is 0 Å². The smallest absolute Gasteiger partial charge is 0.414 e. The van der Waals surface area contributed by atoms with Gasteiger partial charge in [-0.1, -0.05) is 18.2 Å². The van der Waals surface area contributed by atoms with Gasteiger partial charge in [0.25, 0.3) is 0 Å². The molecule has 3 unspecified atom stereocenters. The summed E-state index contributed by atoms with van der Waals surface area (Å²) in [6, 6.07) is 9.79. The van der Waals surface area contributed by atoms with E-state index in [0.29, 0.717) is 18.8 Å². The number of piperidine rings is 1. The number of anilines is 1. The molecule has 154 valence electrons. The molecule has 4 rings (SSSR count). The lowest BCUT2D eigenvalue weighted by atomic mass is 9.95. The minimum absolute atomic E-state index is 0.0369. The van der Waals surface area contributed by atoms with E-state index in [1.54, 1.807) is 4.90 Å². The molecule has 0 bridgehead atoms. The first kappa shape index (κ1) is 19.7. The van der Waals surface area contributed by atoms with Crippen molar-refractivity contribution in [1.29, 1.82) is 0 Å².